The minimum Gasteiger partial charge on any atom is -0.192 e. The Hall–Kier alpha value is -0.560. The van der Waals surface area contributed by atoms with Crippen molar-refractivity contribution < 1.29 is 0 Å². The summed E-state index contributed by atoms with van der Waals surface area (Å²) in [4.78, 5) is 0. The summed E-state index contributed by atoms with van der Waals surface area (Å²) in [7, 11) is 0. The molecule has 1 aliphatic carbocycles. The molecule has 0 amide bonds. The van der Waals surface area contributed by atoms with E-state index < -0.39 is 0 Å². The Morgan fingerprint density at radius 2 is 1.88 bits per heavy atom. The fourth-order valence-corrected chi connectivity index (χ4v) is 3.65. The van der Waals surface area contributed by atoms with Crippen LogP contribution in [-0.2, 0) is 0 Å². The van der Waals surface area contributed by atoms with Gasteiger partial charge in [-0.15, -0.1) is 0 Å². The van der Waals surface area contributed by atoms with Crippen LogP contribution < -0.4 is 0 Å². The summed E-state index contributed by atoms with van der Waals surface area (Å²) in [5.74, 6) is 1.61. The molecule has 1 aliphatic rings. The Morgan fingerprint density at radius 3 is 2.41 bits per heavy atom. The standard InChI is InChI=1S/C15H18IN/c1-10-3-5-12(6-4-10)13-7-11(2)14(9-17)15(16)8-13/h7-8,10,12H,3-6H2,1-2H3. The summed E-state index contributed by atoms with van der Waals surface area (Å²) >= 11 is 2.29. The molecule has 0 saturated heterocycles. The van der Waals surface area contributed by atoms with Gasteiger partial charge < -0.3 is 0 Å². The van der Waals surface area contributed by atoms with Crippen molar-refractivity contribution in [3.63, 3.8) is 0 Å². The maximum atomic E-state index is 9.08. The fourth-order valence-electron chi connectivity index (χ4n) is 2.74. The Kier molecular flexibility index (Phi) is 4.09. The van der Waals surface area contributed by atoms with E-state index >= 15 is 0 Å². The molecule has 90 valence electrons. The molecule has 0 aromatic heterocycles. The maximum absolute atomic E-state index is 9.08. The molecule has 0 atom stereocenters. The average Bonchev–Trinajstić information content (AvgIpc) is 2.29. The van der Waals surface area contributed by atoms with Crippen molar-refractivity contribution in [1.29, 1.82) is 5.26 Å². The second kappa shape index (κ2) is 5.39. The summed E-state index contributed by atoms with van der Waals surface area (Å²) in [6.45, 7) is 4.40. The molecule has 0 N–H and O–H groups in total. The molecule has 1 aromatic rings. The van der Waals surface area contributed by atoms with Gasteiger partial charge in [0.1, 0.15) is 6.07 Å². The van der Waals surface area contributed by atoms with Gasteiger partial charge in [0.2, 0.25) is 0 Å². The number of nitriles is 1. The van der Waals surface area contributed by atoms with Crippen LogP contribution >= 0.6 is 22.6 Å². The molecule has 2 heteroatoms. The lowest BCUT2D eigenvalue weighted by atomic mass is 9.79. The molecule has 0 heterocycles. The first-order valence-corrected chi connectivity index (χ1v) is 7.40. The predicted octanol–water partition coefficient (Wildman–Crippen LogP) is 4.77. The largest absolute Gasteiger partial charge is 0.192 e. The third-order valence-electron chi connectivity index (χ3n) is 3.91. The van der Waals surface area contributed by atoms with Gasteiger partial charge in [-0.05, 0) is 71.4 Å². The van der Waals surface area contributed by atoms with Crippen LogP contribution in [0.2, 0.25) is 0 Å². The third-order valence-corrected chi connectivity index (χ3v) is 4.76. The Morgan fingerprint density at radius 1 is 1.24 bits per heavy atom. The van der Waals surface area contributed by atoms with E-state index in [1.165, 1.54) is 31.2 Å². The van der Waals surface area contributed by atoms with Gasteiger partial charge in [0.05, 0.1) is 5.56 Å². The van der Waals surface area contributed by atoms with Crippen LogP contribution in [0.25, 0.3) is 0 Å². The number of rotatable bonds is 1. The lowest BCUT2D eigenvalue weighted by Gasteiger charge is -2.27. The Labute approximate surface area is 117 Å². The van der Waals surface area contributed by atoms with Crippen LogP contribution in [0.15, 0.2) is 12.1 Å². The van der Waals surface area contributed by atoms with Crippen molar-refractivity contribution in [2.45, 2.75) is 45.4 Å². The van der Waals surface area contributed by atoms with E-state index in [0.717, 1.165) is 20.6 Å². The van der Waals surface area contributed by atoms with Gasteiger partial charge in [0.25, 0.3) is 0 Å². The number of halogens is 1. The van der Waals surface area contributed by atoms with E-state index in [1.54, 1.807) is 0 Å². The molecule has 1 aromatic carbocycles. The highest BCUT2D eigenvalue weighted by molar-refractivity contribution is 14.1. The van der Waals surface area contributed by atoms with E-state index in [9.17, 15) is 0 Å². The van der Waals surface area contributed by atoms with Gasteiger partial charge >= 0.3 is 0 Å². The molecule has 0 radical (unpaired) electrons. The SMILES string of the molecule is Cc1cc(C2CCC(C)CC2)cc(I)c1C#N. The van der Waals surface area contributed by atoms with Crippen LogP contribution in [0, 0.1) is 27.7 Å². The number of hydrogen-bond acceptors (Lipinski definition) is 1. The monoisotopic (exact) mass is 339 g/mol. The van der Waals surface area contributed by atoms with Crippen molar-refractivity contribution in [3.05, 3.63) is 32.4 Å². The fraction of sp³-hybridized carbons (Fsp3) is 0.533. The minimum atomic E-state index is 0.714. The van der Waals surface area contributed by atoms with Crippen molar-refractivity contribution in [1.82, 2.24) is 0 Å². The van der Waals surface area contributed by atoms with E-state index in [0.29, 0.717) is 5.92 Å². The number of aryl methyl sites for hydroxylation is 1. The molecule has 0 aliphatic heterocycles. The van der Waals surface area contributed by atoms with Gasteiger partial charge in [0, 0.05) is 3.57 Å². The van der Waals surface area contributed by atoms with Crippen LogP contribution in [0.3, 0.4) is 0 Å². The third kappa shape index (κ3) is 2.82. The van der Waals surface area contributed by atoms with Crippen LogP contribution in [0.5, 0.6) is 0 Å². The molecule has 0 bridgehead atoms. The maximum Gasteiger partial charge on any atom is 0.101 e. The smallest absolute Gasteiger partial charge is 0.101 e. The van der Waals surface area contributed by atoms with Crippen molar-refractivity contribution in [2.75, 3.05) is 0 Å². The van der Waals surface area contributed by atoms with E-state index in [2.05, 4.69) is 54.6 Å². The van der Waals surface area contributed by atoms with E-state index in [4.69, 9.17) is 5.26 Å². The number of hydrogen-bond donors (Lipinski definition) is 0. The molecule has 1 nitrogen and oxygen atoms in total. The van der Waals surface area contributed by atoms with Gasteiger partial charge in [0.15, 0.2) is 0 Å². The lowest BCUT2D eigenvalue weighted by Crippen LogP contribution is -2.11. The van der Waals surface area contributed by atoms with E-state index in [1.807, 2.05) is 0 Å². The molecule has 0 spiro atoms. The van der Waals surface area contributed by atoms with E-state index in [-0.39, 0.29) is 0 Å². The quantitative estimate of drug-likeness (QED) is 0.677. The lowest BCUT2D eigenvalue weighted by molar-refractivity contribution is 0.348. The summed E-state index contributed by atoms with van der Waals surface area (Å²) in [6, 6.07) is 6.73. The molecule has 1 saturated carbocycles. The first kappa shape index (κ1) is 12.9. The highest BCUT2D eigenvalue weighted by atomic mass is 127. The summed E-state index contributed by atoms with van der Waals surface area (Å²) in [5.41, 5.74) is 3.42. The molecule has 0 unspecified atom stereocenters. The molecular formula is C15H18IN. The molecule has 1 fully saturated rings. The zero-order chi connectivity index (χ0) is 12.4. The van der Waals surface area contributed by atoms with Crippen molar-refractivity contribution in [3.8, 4) is 6.07 Å². The average molecular weight is 339 g/mol. The zero-order valence-electron chi connectivity index (χ0n) is 10.5. The molecule has 17 heavy (non-hydrogen) atoms. The summed E-state index contributed by atoms with van der Waals surface area (Å²) in [5, 5.41) is 9.08. The Balaban J connectivity index is 2.26. The van der Waals surface area contributed by atoms with Crippen LogP contribution in [-0.4, -0.2) is 0 Å². The van der Waals surface area contributed by atoms with Crippen molar-refractivity contribution >= 4 is 22.6 Å². The number of nitrogens with zero attached hydrogens (tertiary/aromatic N) is 1. The number of benzene rings is 1. The van der Waals surface area contributed by atoms with Gasteiger partial charge in [-0.3, -0.25) is 0 Å². The topological polar surface area (TPSA) is 23.8 Å². The summed E-state index contributed by atoms with van der Waals surface area (Å²) in [6.07, 6.45) is 5.31. The zero-order valence-corrected chi connectivity index (χ0v) is 12.6. The first-order valence-electron chi connectivity index (χ1n) is 6.32. The predicted molar refractivity (Wildman–Crippen MR) is 79.0 cm³/mol. The minimum absolute atomic E-state index is 0.714. The summed E-state index contributed by atoms with van der Waals surface area (Å²) < 4.78 is 1.11. The highest BCUT2D eigenvalue weighted by Gasteiger charge is 2.20. The second-order valence-corrected chi connectivity index (χ2v) is 6.43. The van der Waals surface area contributed by atoms with Gasteiger partial charge in [-0.1, -0.05) is 25.8 Å². The van der Waals surface area contributed by atoms with Crippen molar-refractivity contribution in [2.24, 2.45) is 5.92 Å². The highest BCUT2D eigenvalue weighted by Crippen LogP contribution is 2.36. The first-order chi connectivity index (χ1) is 8.11. The van der Waals surface area contributed by atoms with Gasteiger partial charge in [-0.25, -0.2) is 0 Å². The molecular weight excluding hydrogens is 321 g/mol. The van der Waals surface area contributed by atoms with Gasteiger partial charge in [-0.2, -0.15) is 5.26 Å². The van der Waals surface area contributed by atoms with Crippen LogP contribution in [0.1, 0.15) is 55.2 Å². The normalized spacial score (nSPS) is 24.4. The second-order valence-electron chi connectivity index (χ2n) is 5.26. The molecule has 2 rings (SSSR count). The Bertz CT molecular complexity index is 427. The van der Waals surface area contributed by atoms with Crippen LogP contribution in [0.4, 0.5) is 0 Å².